The van der Waals surface area contributed by atoms with Crippen molar-refractivity contribution in [3.05, 3.63) is 12.2 Å². The van der Waals surface area contributed by atoms with Crippen molar-refractivity contribution in [2.24, 2.45) is 5.92 Å². The number of rotatable bonds is 2. The summed E-state index contributed by atoms with van der Waals surface area (Å²) < 4.78 is 0. The van der Waals surface area contributed by atoms with Gasteiger partial charge >= 0.3 is 5.97 Å². The number of hydrogen-bond acceptors (Lipinski definition) is 2. The average molecular weight is 169 g/mol. The van der Waals surface area contributed by atoms with Gasteiger partial charge in [-0.05, 0) is 32.4 Å². The zero-order valence-corrected chi connectivity index (χ0v) is 7.36. The summed E-state index contributed by atoms with van der Waals surface area (Å²) in [6, 6.07) is 0. The molecule has 0 radical (unpaired) electrons. The van der Waals surface area contributed by atoms with Crippen LogP contribution < -0.4 is 0 Å². The van der Waals surface area contributed by atoms with Crippen molar-refractivity contribution in [3.8, 4) is 0 Å². The summed E-state index contributed by atoms with van der Waals surface area (Å²) >= 11 is 0. The highest BCUT2D eigenvalue weighted by Gasteiger charge is 2.14. The molecule has 1 unspecified atom stereocenters. The fourth-order valence-electron chi connectivity index (χ4n) is 1.58. The van der Waals surface area contributed by atoms with Gasteiger partial charge in [-0.15, -0.1) is 0 Å². The first kappa shape index (κ1) is 9.26. The molecule has 0 aliphatic carbocycles. The first-order valence-electron chi connectivity index (χ1n) is 4.28. The summed E-state index contributed by atoms with van der Waals surface area (Å²) in [5.41, 5.74) is 0. The second-order valence-corrected chi connectivity index (χ2v) is 3.36. The molecule has 0 saturated carbocycles. The van der Waals surface area contributed by atoms with E-state index in [9.17, 15) is 4.79 Å². The lowest BCUT2D eigenvalue weighted by atomic mass is 9.98. The van der Waals surface area contributed by atoms with Crippen molar-refractivity contribution in [3.63, 3.8) is 0 Å². The van der Waals surface area contributed by atoms with E-state index in [1.165, 1.54) is 12.5 Å². The minimum Gasteiger partial charge on any atom is -0.478 e. The topological polar surface area (TPSA) is 40.5 Å². The van der Waals surface area contributed by atoms with Crippen molar-refractivity contribution >= 4 is 5.97 Å². The van der Waals surface area contributed by atoms with Crippen LogP contribution in [0.5, 0.6) is 0 Å². The molecule has 1 fully saturated rings. The first-order chi connectivity index (χ1) is 5.68. The molecule has 0 aromatic carbocycles. The number of carboxylic acid groups (broad SMARTS) is 1. The molecule has 1 aliphatic heterocycles. The van der Waals surface area contributed by atoms with E-state index in [1.54, 1.807) is 6.08 Å². The molecule has 0 aromatic heterocycles. The number of piperidine rings is 1. The van der Waals surface area contributed by atoms with Gasteiger partial charge < -0.3 is 10.0 Å². The van der Waals surface area contributed by atoms with E-state index in [2.05, 4.69) is 11.9 Å². The van der Waals surface area contributed by atoms with Gasteiger partial charge in [0.05, 0.1) is 0 Å². The number of carbonyl (C=O) groups is 1. The van der Waals surface area contributed by atoms with Gasteiger partial charge in [-0.2, -0.15) is 0 Å². The third kappa shape index (κ3) is 3.05. The van der Waals surface area contributed by atoms with Gasteiger partial charge in [0.25, 0.3) is 0 Å². The SMILES string of the molecule is CN1CCCC(/C=C\C(=O)O)C1. The third-order valence-corrected chi connectivity index (χ3v) is 2.17. The van der Waals surface area contributed by atoms with Crippen molar-refractivity contribution in [2.45, 2.75) is 12.8 Å². The largest absolute Gasteiger partial charge is 0.478 e. The maximum atomic E-state index is 10.2. The summed E-state index contributed by atoms with van der Waals surface area (Å²) in [4.78, 5) is 12.5. The lowest BCUT2D eigenvalue weighted by Crippen LogP contribution is -2.31. The van der Waals surface area contributed by atoms with Crippen LogP contribution in [0, 0.1) is 5.92 Å². The van der Waals surface area contributed by atoms with Crippen molar-refractivity contribution < 1.29 is 9.90 Å². The summed E-state index contributed by atoms with van der Waals surface area (Å²) in [7, 11) is 2.07. The third-order valence-electron chi connectivity index (χ3n) is 2.17. The Hall–Kier alpha value is -0.830. The number of likely N-dealkylation sites (tertiary alicyclic amines) is 1. The van der Waals surface area contributed by atoms with Gasteiger partial charge in [0.2, 0.25) is 0 Å². The first-order valence-corrected chi connectivity index (χ1v) is 4.28. The number of carboxylic acids is 1. The fraction of sp³-hybridized carbons (Fsp3) is 0.667. The van der Waals surface area contributed by atoms with Gasteiger partial charge in [0, 0.05) is 12.6 Å². The van der Waals surface area contributed by atoms with Crippen LogP contribution in [-0.4, -0.2) is 36.1 Å². The van der Waals surface area contributed by atoms with Crippen LogP contribution in [0.3, 0.4) is 0 Å². The summed E-state index contributed by atoms with van der Waals surface area (Å²) in [6.07, 6.45) is 5.35. The molecule has 1 heterocycles. The van der Waals surface area contributed by atoms with E-state index in [1.807, 2.05) is 0 Å². The molecule has 0 bridgehead atoms. The van der Waals surface area contributed by atoms with Crippen LogP contribution in [0.4, 0.5) is 0 Å². The van der Waals surface area contributed by atoms with Gasteiger partial charge in [-0.25, -0.2) is 4.79 Å². The molecule has 1 atom stereocenters. The zero-order valence-electron chi connectivity index (χ0n) is 7.36. The Morgan fingerprint density at radius 1 is 1.67 bits per heavy atom. The Morgan fingerprint density at radius 2 is 2.42 bits per heavy atom. The van der Waals surface area contributed by atoms with Crippen LogP contribution in [0.15, 0.2) is 12.2 Å². The van der Waals surface area contributed by atoms with Gasteiger partial charge in [0.1, 0.15) is 0 Å². The molecular weight excluding hydrogens is 154 g/mol. The highest BCUT2D eigenvalue weighted by molar-refractivity contribution is 5.79. The molecule has 1 saturated heterocycles. The molecule has 0 spiro atoms. The Morgan fingerprint density at radius 3 is 3.00 bits per heavy atom. The lowest BCUT2D eigenvalue weighted by molar-refractivity contribution is -0.131. The highest BCUT2D eigenvalue weighted by Crippen LogP contribution is 2.15. The Bertz CT molecular complexity index is 189. The Labute approximate surface area is 72.7 Å². The molecule has 3 heteroatoms. The van der Waals surface area contributed by atoms with Gasteiger partial charge in [-0.1, -0.05) is 6.08 Å². The predicted octanol–water partition coefficient (Wildman–Crippen LogP) is 0.969. The highest BCUT2D eigenvalue weighted by atomic mass is 16.4. The quantitative estimate of drug-likeness (QED) is 0.626. The Kier molecular flexibility index (Phi) is 3.29. The summed E-state index contributed by atoms with van der Waals surface area (Å²) in [5, 5.41) is 8.41. The van der Waals surface area contributed by atoms with Crippen LogP contribution in [-0.2, 0) is 4.79 Å². The van der Waals surface area contributed by atoms with Crippen molar-refractivity contribution in [1.82, 2.24) is 4.90 Å². The van der Waals surface area contributed by atoms with E-state index >= 15 is 0 Å². The number of aliphatic carboxylic acids is 1. The smallest absolute Gasteiger partial charge is 0.327 e. The van der Waals surface area contributed by atoms with Gasteiger partial charge in [0.15, 0.2) is 0 Å². The van der Waals surface area contributed by atoms with Crippen LogP contribution in [0.2, 0.25) is 0 Å². The summed E-state index contributed by atoms with van der Waals surface area (Å²) in [5.74, 6) is -0.414. The minimum atomic E-state index is -0.844. The number of nitrogens with zero attached hydrogens (tertiary/aromatic N) is 1. The zero-order chi connectivity index (χ0) is 8.97. The average Bonchev–Trinajstić information content (AvgIpc) is 2.01. The predicted molar refractivity (Wildman–Crippen MR) is 47.0 cm³/mol. The van der Waals surface area contributed by atoms with Crippen LogP contribution in [0.1, 0.15) is 12.8 Å². The molecular formula is C9H15NO2. The molecule has 68 valence electrons. The van der Waals surface area contributed by atoms with E-state index < -0.39 is 5.97 Å². The van der Waals surface area contributed by atoms with Crippen molar-refractivity contribution in [1.29, 1.82) is 0 Å². The van der Waals surface area contributed by atoms with Crippen LogP contribution >= 0.6 is 0 Å². The Balaban J connectivity index is 2.36. The second kappa shape index (κ2) is 4.26. The molecule has 12 heavy (non-hydrogen) atoms. The molecule has 1 N–H and O–H groups in total. The second-order valence-electron chi connectivity index (χ2n) is 3.36. The summed E-state index contributed by atoms with van der Waals surface area (Å²) in [6.45, 7) is 2.13. The lowest BCUT2D eigenvalue weighted by Gasteiger charge is -2.27. The normalized spacial score (nSPS) is 26.2. The monoisotopic (exact) mass is 169 g/mol. The fourth-order valence-corrected chi connectivity index (χ4v) is 1.58. The minimum absolute atomic E-state index is 0.430. The van der Waals surface area contributed by atoms with E-state index in [4.69, 9.17) is 5.11 Å². The maximum Gasteiger partial charge on any atom is 0.327 e. The van der Waals surface area contributed by atoms with E-state index in [0.29, 0.717) is 5.92 Å². The maximum absolute atomic E-state index is 10.2. The molecule has 0 aromatic rings. The van der Waals surface area contributed by atoms with Gasteiger partial charge in [-0.3, -0.25) is 0 Å². The number of hydrogen-bond donors (Lipinski definition) is 1. The standard InChI is InChI=1S/C9H15NO2/c1-10-6-2-3-8(7-10)4-5-9(11)12/h4-5,8H,2-3,6-7H2,1H3,(H,11,12)/b5-4-. The van der Waals surface area contributed by atoms with Crippen molar-refractivity contribution in [2.75, 3.05) is 20.1 Å². The molecule has 0 amide bonds. The molecule has 3 nitrogen and oxygen atoms in total. The van der Waals surface area contributed by atoms with E-state index in [-0.39, 0.29) is 0 Å². The van der Waals surface area contributed by atoms with Crippen LogP contribution in [0.25, 0.3) is 0 Å². The van der Waals surface area contributed by atoms with E-state index in [0.717, 1.165) is 19.5 Å². The molecule has 1 aliphatic rings. The molecule has 1 rings (SSSR count).